The van der Waals surface area contributed by atoms with Crippen LogP contribution in [0.15, 0.2) is 237 Å². The maximum atomic E-state index is 8.33. The smallest absolute Gasteiger partial charge is 0.187 e. The predicted molar refractivity (Wildman–Crippen MR) is 336 cm³/mol. The predicted octanol–water partition coefficient (Wildman–Crippen LogP) is 19.8. The van der Waals surface area contributed by atoms with Crippen LogP contribution in [0.4, 0.5) is 28.4 Å². The largest absolute Gasteiger partial charge is 0.509 e. The molecule has 2 aliphatic rings. The number of nitrogens with zero attached hydrogens (tertiary/aromatic N) is 5. The second-order valence-corrected chi connectivity index (χ2v) is 23.6. The minimum Gasteiger partial charge on any atom is -0.509 e. The molecule has 0 saturated carbocycles. The zero-order chi connectivity index (χ0) is 55.9. The fourth-order valence-electron chi connectivity index (χ4n) is 12.5. The standard InChI is InChI=1S/C76H58N5O.Pt/c1-74(2,3)53-39-40-78-72(45-53)81-68-32-20-18-30-62(68)63-38-36-58(48-71(63)81)82-59-42-55(76(52-27-15-10-16-28-52)66-31-19-17-29-60(66)61-37-35-56(77-7)46-67(61)76)41-57(47-59)79-49-80(70-34-22-21-33-69(70)79)73-64(50-23-11-8-12-24-50)43-54(75(4,5)6)44-65(73)51-25-13-9-14-26-51;/h8-46,49H,1-6H3;/q-3;. The number of ether oxygens (including phenoxy) is 1. The minimum atomic E-state index is -0.887. The van der Waals surface area contributed by atoms with Gasteiger partial charge in [-0.25, -0.2) is 9.83 Å². The van der Waals surface area contributed by atoms with Crippen molar-refractivity contribution in [2.24, 2.45) is 0 Å². The first-order valence-corrected chi connectivity index (χ1v) is 28.0. The number of para-hydroxylation sites is 3. The molecular weight excluding hydrogens is 1190 g/mol. The van der Waals surface area contributed by atoms with Gasteiger partial charge in [0.25, 0.3) is 0 Å². The van der Waals surface area contributed by atoms with Crippen molar-refractivity contribution in [3.8, 4) is 50.7 Å². The van der Waals surface area contributed by atoms with E-state index in [1.807, 2.05) is 18.3 Å². The molecule has 10 aromatic carbocycles. The van der Waals surface area contributed by atoms with Crippen LogP contribution in [-0.4, -0.2) is 9.55 Å². The van der Waals surface area contributed by atoms with Gasteiger partial charge in [-0.3, -0.25) is 0 Å². The van der Waals surface area contributed by atoms with Gasteiger partial charge in [0.15, 0.2) is 5.69 Å². The normalized spacial score (nSPS) is 14.5. The SMILES string of the molecule is [C-]#[N+]c1ccc2c(c1)C(c1ccccc1)(c1cc(Oc3[c-]c4c(cc3)c3ccccc3n4-c3cc(C(C)(C)C)ccn3)[c-]c(N3[CH-]N(c4c(-c5ccccc5)cc(C(C)(C)C)cc4-c4ccccc4)c4ccccc43)c1)c1ccccc1-2.[Pt]. The van der Waals surface area contributed by atoms with Crippen molar-refractivity contribution in [1.29, 1.82) is 0 Å². The summed E-state index contributed by atoms with van der Waals surface area (Å²) in [5, 5.41) is 2.15. The fraction of sp³-hybridized carbons (Fsp3) is 0.118. The van der Waals surface area contributed by atoms with Gasteiger partial charge in [-0.05, 0) is 109 Å². The maximum absolute atomic E-state index is 8.33. The van der Waals surface area contributed by atoms with Gasteiger partial charge in [0, 0.05) is 77.9 Å². The molecule has 1 unspecified atom stereocenters. The quantitative estimate of drug-likeness (QED) is 0.135. The molecule has 0 fully saturated rings. The van der Waals surface area contributed by atoms with Crippen LogP contribution in [0.2, 0.25) is 0 Å². The first-order valence-electron chi connectivity index (χ1n) is 28.0. The van der Waals surface area contributed by atoms with Crippen LogP contribution < -0.4 is 14.5 Å². The van der Waals surface area contributed by atoms with E-state index in [1.54, 1.807) is 0 Å². The number of hydrogen-bond donors (Lipinski definition) is 0. The van der Waals surface area contributed by atoms with Gasteiger partial charge in [-0.1, -0.05) is 211 Å². The van der Waals surface area contributed by atoms with E-state index in [0.717, 1.165) is 106 Å². The molecule has 406 valence electrons. The van der Waals surface area contributed by atoms with Gasteiger partial charge in [0.1, 0.15) is 5.82 Å². The van der Waals surface area contributed by atoms with Crippen molar-refractivity contribution in [3.63, 3.8) is 0 Å². The number of aromatic nitrogens is 2. The average molecular weight is 1250 g/mol. The van der Waals surface area contributed by atoms with E-state index in [9.17, 15) is 0 Å². The topological polar surface area (TPSA) is 37.9 Å². The van der Waals surface area contributed by atoms with E-state index in [0.29, 0.717) is 17.2 Å². The molecule has 3 heterocycles. The molecule has 0 amide bonds. The van der Waals surface area contributed by atoms with Crippen LogP contribution in [0.1, 0.15) is 74.9 Å². The van der Waals surface area contributed by atoms with E-state index in [2.05, 4.69) is 298 Å². The third-order valence-electron chi connectivity index (χ3n) is 16.5. The molecule has 0 radical (unpaired) electrons. The first-order chi connectivity index (χ1) is 39.9. The van der Waals surface area contributed by atoms with E-state index < -0.39 is 5.41 Å². The second-order valence-electron chi connectivity index (χ2n) is 23.6. The zero-order valence-corrected chi connectivity index (χ0v) is 49.3. The number of rotatable bonds is 9. The summed E-state index contributed by atoms with van der Waals surface area (Å²) in [6, 6.07) is 89.5. The van der Waals surface area contributed by atoms with Crippen molar-refractivity contribution in [2.75, 3.05) is 9.80 Å². The summed E-state index contributed by atoms with van der Waals surface area (Å²) in [7, 11) is 0. The summed E-state index contributed by atoms with van der Waals surface area (Å²) in [5.74, 6) is 1.86. The number of anilines is 4. The third-order valence-corrected chi connectivity index (χ3v) is 16.5. The first kappa shape index (κ1) is 53.1. The summed E-state index contributed by atoms with van der Waals surface area (Å²) in [4.78, 5) is 13.6. The molecule has 0 saturated heterocycles. The summed E-state index contributed by atoms with van der Waals surface area (Å²) in [6.07, 6.45) is 1.91. The number of benzene rings is 10. The van der Waals surface area contributed by atoms with Gasteiger partial charge >= 0.3 is 0 Å². The summed E-state index contributed by atoms with van der Waals surface area (Å²) >= 11 is 0. The van der Waals surface area contributed by atoms with Gasteiger partial charge < -0.3 is 19.1 Å². The van der Waals surface area contributed by atoms with Crippen LogP contribution in [0.25, 0.3) is 65.8 Å². The van der Waals surface area contributed by atoms with Gasteiger partial charge in [0.05, 0.1) is 6.57 Å². The molecule has 0 bridgehead atoms. The Morgan fingerprint density at radius 3 is 1.81 bits per heavy atom. The Morgan fingerprint density at radius 2 is 1.12 bits per heavy atom. The van der Waals surface area contributed by atoms with E-state index >= 15 is 0 Å². The number of fused-ring (bicyclic) bond motifs is 7. The number of hydrogen-bond acceptors (Lipinski definition) is 4. The van der Waals surface area contributed by atoms with Crippen LogP contribution >= 0.6 is 0 Å². The van der Waals surface area contributed by atoms with Crippen LogP contribution in [0.3, 0.4) is 0 Å². The molecule has 1 aliphatic carbocycles. The molecular formula is C76H58N5OPt-3. The molecule has 83 heavy (non-hydrogen) atoms. The molecule has 1 atom stereocenters. The van der Waals surface area contributed by atoms with Crippen LogP contribution in [0.5, 0.6) is 11.5 Å². The van der Waals surface area contributed by atoms with Crippen molar-refractivity contribution >= 4 is 50.2 Å². The van der Waals surface area contributed by atoms with Gasteiger partial charge in [-0.2, -0.15) is 6.07 Å². The molecule has 0 spiro atoms. The molecule has 6 nitrogen and oxygen atoms in total. The molecule has 7 heteroatoms. The Bertz CT molecular complexity index is 4450. The summed E-state index contributed by atoms with van der Waals surface area (Å²) in [5.41, 5.74) is 18.5. The van der Waals surface area contributed by atoms with Crippen molar-refractivity contribution in [3.05, 3.63) is 300 Å². The Hall–Kier alpha value is -9.27. The minimum absolute atomic E-state index is 0. The van der Waals surface area contributed by atoms with Gasteiger partial charge in [0.2, 0.25) is 0 Å². The van der Waals surface area contributed by atoms with E-state index in [4.69, 9.17) is 16.3 Å². The van der Waals surface area contributed by atoms with E-state index in [1.165, 1.54) is 11.1 Å². The van der Waals surface area contributed by atoms with Crippen molar-refractivity contribution in [2.45, 2.75) is 57.8 Å². The van der Waals surface area contributed by atoms with Crippen molar-refractivity contribution in [1.82, 2.24) is 9.55 Å². The van der Waals surface area contributed by atoms with Crippen LogP contribution in [0, 0.1) is 25.4 Å². The van der Waals surface area contributed by atoms with Crippen molar-refractivity contribution < 1.29 is 25.8 Å². The maximum Gasteiger partial charge on any atom is 0.187 e. The Morgan fingerprint density at radius 1 is 0.506 bits per heavy atom. The summed E-state index contributed by atoms with van der Waals surface area (Å²) in [6.45, 7) is 24.1. The Kier molecular flexibility index (Phi) is 13.2. The van der Waals surface area contributed by atoms with E-state index in [-0.39, 0.29) is 31.9 Å². The molecule has 1 aliphatic heterocycles. The van der Waals surface area contributed by atoms with Crippen LogP contribution in [-0.2, 0) is 37.3 Å². The number of pyridine rings is 1. The summed E-state index contributed by atoms with van der Waals surface area (Å²) < 4.78 is 9.51. The Balaban J connectivity index is 0.00000645. The molecule has 0 N–H and O–H groups in total. The monoisotopic (exact) mass is 1250 g/mol. The molecule has 2 aromatic heterocycles. The average Bonchev–Trinajstić information content (AvgIpc) is 2.15. The third kappa shape index (κ3) is 8.94. The molecule has 12 aromatic rings. The zero-order valence-electron chi connectivity index (χ0n) is 47.1. The van der Waals surface area contributed by atoms with Gasteiger partial charge in [-0.15, -0.1) is 53.6 Å². The Labute approximate surface area is 501 Å². The fourth-order valence-corrected chi connectivity index (χ4v) is 12.5. The molecule has 14 rings (SSSR count). The second kappa shape index (κ2) is 20.6.